The Bertz CT molecular complexity index is 1290. The zero-order valence-corrected chi connectivity index (χ0v) is 18.4. The molecule has 11 heteroatoms. The van der Waals surface area contributed by atoms with E-state index < -0.39 is 5.97 Å². The van der Waals surface area contributed by atoms with Gasteiger partial charge in [0, 0.05) is 26.0 Å². The maximum Gasteiger partial charge on any atom is 0.360 e. The van der Waals surface area contributed by atoms with Gasteiger partial charge in [-0.25, -0.2) is 19.7 Å². The molecule has 4 rings (SSSR count). The average molecular weight is 449 g/mol. The molecule has 3 N–H and O–H groups in total. The van der Waals surface area contributed by atoms with Crippen molar-refractivity contribution in [2.45, 2.75) is 0 Å². The van der Waals surface area contributed by atoms with Crippen molar-refractivity contribution in [3.63, 3.8) is 0 Å². The van der Waals surface area contributed by atoms with Gasteiger partial charge in [-0.05, 0) is 24.3 Å². The highest BCUT2D eigenvalue weighted by Crippen LogP contribution is 2.32. The van der Waals surface area contributed by atoms with E-state index in [1.165, 1.54) is 7.11 Å². The molecule has 0 unspecified atom stereocenters. The molecule has 3 heterocycles. The molecular weight excluding hydrogens is 426 g/mol. The number of esters is 1. The fourth-order valence-electron chi connectivity index (χ4n) is 3.27. The smallest absolute Gasteiger partial charge is 0.360 e. The molecule has 0 saturated carbocycles. The van der Waals surface area contributed by atoms with Gasteiger partial charge in [0.15, 0.2) is 17.3 Å². The highest BCUT2D eigenvalue weighted by Gasteiger charge is 2.23. The molecule has 11 nitrogen and oxygen atoms in total. The molecule has 33 heavy (non-hydrogen) atoms. The molecule has 0 amide bonds. The van der Waals surface area contributed by atoms with Gasteiger partial charge >= 0.3 is 5.97 Å². The van der Waals surface area contributed by atoms with Crippen LogP contribution in [0.25, 0.3) is 22.3 Å². The van der Waals surface area contributed by atoms with Crippen molar-refractivity contribution in [3.05, 3.63) is 48.7 Å². The average Bonchev–Trinajstić information content (AvgIpc) is 3.23. The van der Waals surface area contributed by atoms with Crippen LogP contribution in [0.2, 0.25) is 0 Å². The Morgan fingerprint density at radius 1 is 1.15 bits per heavy atom. The number of hydrogen-bond donors (Lipinski definition) is 3. The number of hydrogen-bond acceptors (Lipinski definition) is 10. The second-order valence-electron chi connectivity index (χ2n) is 6.99. The van der Waals surface area contributed by atoms with E-state index in [4.69, 9.17) is 14.6 Å². The predicted molar refractivity (Wildman–Crippen MR) is 123 cm³/mol. The number of aliphatic hydroxyl groups is 1. The number of nitrogens with zero attached hydrogens (tertiary/aromatic N) is 5. The SMILES string of the molecule is CNc1nc(Nc2ccc(OCCO)cc2)c(C(=O)OC)nc1-c1cncc2c1ncn2C. The zero-order valence-electron chi connectivity index (χ0n) is 18.4. The number of methoxy groups -OCH3 is 1. The summed E-state index contributed by atoms with van der Waals surface area (Å²) in [5, 5.41) is 15.0. The molecular formula is C22H23N7O4. The third kappa shape index (κ3) is 4.39. The van der Waals surface area contributed by atoms with E-state index in [2.05, 4.69) is 30.6 Å². The lowest BCUT2D eigenvalue weighted by Gasteiger charge is -2.15. The maximum atomic E-state index is 12.6. The first-order valence-corrected chi connectivity index (χ1v) is 10.1. The van der Waals surface area contributed by atoms with Crippen LogP contribution in [0.5, 0.6) is 5.75 Å². The quantitative estimate of drug-likeness (QED) is 0.344. The third-order valence-corrected chi connectivity index (χ3v) is 4.88. The molecule has 0 aliphatic rings. The summed E-state index contributed by atoms with van der Waals surface area (Å²) in [6.07, 6.45) is 5.04. The first-order chi connectivity index (χ1) is 16.0. The summed E-state index contributed by atoms with van der Waals surface area (Å²) in [7, 11) is 4.88. The third-order valence-electron chi connectivity index (χ3n) is 4.88. The van der Waals surface area contributed by atoms with Gasteiger partial charge in [0.05, 0.1) is 37.3 Å². The summed E-state index contributed by atoms with van der Waals surface area (Å²) >= 11 is 0. The van der Waals surface area contributed by atoms with Gasteiger partial charge < -0.3 is 29.8 Å². The van der Waals surface area contributed by atoms with Crippen LogP contribution in [0.15, 0.2) is 43.0 Å². The van der Waals surface area contributed by atoms with Crippen LogP contribution in [-0.2, 0) is 11.8 Å². The van der Waals surface area contributed by atoms with Crippen molar-refractivity contribution in [2.75, 3.05) is 38.0 Å². The molecule has 0 atom stereocenters. The molecule has 0 bridgehead atoms. The van der Waals surface area contributed by atoms with Crippen LogP contribution in [0.4, 0.5) is 17.3 Å². The van der Waals surface area contributed by atoms with Gasteiger partial charge in [-0.2, -0.15) is 0 Å². The number of aromatic nitrogens is 5. The lowest BCUT2D eigenvalue weighted by molar-refractivity contribution is 0.0595. The number of carbonyl (C=O) groups is 1. The molecule has 1 aromatic carbocycles. The Morgan fingerprint density at radius 2 is 1.94 bits per heavy atom. The largest absolute Gasteiger partial charge is 0.491 e. The van der Waals surface area contributed by atoms with Crippen LogP contribution in [0, 0.1) is 0 Å². The number of carbonyl (C=O) groups excluding carboxylic acids is 1. The van der Waals surface area contributed by atoms with Gasteiger partial charge in [0.2, 0.25) is 0 Å². The first-order valence-electron chi connectivity index (χ1n) is 10.1. The lowest BCUT2D eigenvalue weighted by atomic mass is 10.1. The minimum Gasteiger partial charge on any atom is -0.491 e. The summed E-state index contributed by atoms with van der Waals surface area (Å²) in [6.45, 7) is 0.134. The number of ether oxygens (including phenoxy) is 2. The number of aliphatic hydroxyl groups excluding tert-OH is 1. The minimum atomic E-state index is -0.641. The Labute approximate surface area is 189 Å². The topological polar surface area (TPSA) is 136 Å². The zero-order chi connectivity index (χ0) is 23.4. The molecule has 0 spiro atoms. The maximum absolute atomic E-state index is 12.6. The van der Waals surface area contributed by atoms with E-state index in [0.717, 1.165) is 5.52 Å². The standard InChI is InChI=1S/C22H23N7O4/c1-23-20-18(15-10-24-11-16-17(15)25-12-29(16)2)27-19(22(31)32-3)21(28-20)26-13-4-6-14(7-5-13)33-9-8-30/h4-7,10-12,30H,8-9H2,1-3H3,(H2,23,26,28). The number of fused-ring (bicyclic) bond motifs is 1. The highest BCUT2D eigenvalue weighted by atomic mass is 16.5. The van der Waals surface area contributed by atoms with Crippen LogP contribution < -0.4 is 15.4 Å². The molecule has 0 saturated heterocycles. The van der Waals surface area contributed by atoms with Crippen LogP contribution >= 0.6 is 0 Å². The van der Waals surface area contributed by atoms with Gasteiger partial charge in [0.25, 0.3) is 0 Å². The second-order valence-corrected chi connectivity index (χ2v) is 6.99. The number of anilines is 3. The van der Waals surface area contributed by atoms with E-state index in [9.17, 15) is 4.79 Å². The number of imidazole rings is 1. The van der Waals surface area contributed by atoms with E-state index >= 15 is 0 Å². The number of nitrogens with one attached hydrogen (secondary N) is 2. The van der Waals surface area contributed by atoms with Gasteiger partial charge in [-0.15, -0.1) is 0 Å². The summed E-state index contributed by atoms with van der Waals surface area (Å²) < 4.78 is 12.2. The van der Waals surface area contributed by atoms with Crippen LogP contribution in [-0.4, -0.2) is 63.0 Å². The van der Waals surface area contributed by atoms with E-state index in [0.29, 0.717) is 34.0 Å². The number of rotatable bonds is 8. The fraction of sp³-hybridized carbons (Fsp3) is 0.227. The van der Waals surface area contributed by atoms with Crippen molar-refractivity contribution in [2.24, 2.45) is 7.05 Å². The summed E-state index contributed by atoms with van der Waals surface area (Å²) in [6, 6.07) is 7.01. The van der Waals surface area contributed by atoms with Crippen molar-refractivity contribution >= 4 is 34.3 Å². The number of pyridine rings is 1. The van der Waals surface area contributed by atoms with Gasteiger partial charge in [-0.3, -0.25) is 4.98 Å². The van der Waals surface area contributed by atoms with Crippen molar-refractivity contribution < 1.29 is 19.4 Å². The van der Waals surface area contributed by atoms with Crippen LogP contribution in [0.3, 0.4) is 0 Å². The van der Waals surface area contributed by atoms with Crippen LogP contribution in [0.1, 0.15) is 10.5 Å². The summed E-state index contributed by atoms with van der Waals surface area (Å²) in [5.74, 6) is 0.627. The number of benzene rings is 1. The molecule has 4 aromatic rings. The Hall–Kier alpha value is -4.25. The Balaban J connectivity index is 1.78. The summed E-state index contributed by atoms with van der Waals surface area (Å²) in [4.78, 5) is 30.5. The van der Waals surface area contributed by atoms with Gasteiger partial charge in [0.1, 0.15) is 23.6 Å². The highest BCUT2D eigenvalue weighted by molar-refractivity contribution is 5.98. The normalized spacial score (nSPS) is 10.8. The summed E-state index contributed by atoms with van der Waals surface area (Å²) in [5.41, 5.74) is 3.24. The lowest BCUT2D eigenvalue weighted by Crippen LogP contribution is -2.13. The Kier molecular flexibility index (Phi) is 6.31. The first kappa shape index (κ1) is 22.0. The minimum absolute atomic E-state index is 0.0139. The fourth-order valence-corrected chi connectivity index (χ4v) is 3.27. The second kappa shape index (κ2) is 9.49. The van der Waals surface area contributed by atoms with E-state index in [1.807, 2.05) is 11.6 Å². The van der Waals surface area contributed by atoms with Crippen molar-refractivity contribution in [3.8, 4) is 17.0 Å². The molecule has 0 aliphatic heterocycles. The molecule has 0 fully saturated rings. The molecule has 0 aliphatic carbocycles. The van der Waals surface area contributed by atoms with Gasteiger partial charge in [-0.1, -0.05) is 0 Å². The predicted octanol–water partition coefficient (Wildman–Crippen LogP) is 2.37. The molecule has 3 aromatic heterocycles. The monoisotopic (exact) mass is 449 g/mol. The van der Waals surface area contributed by atoms with E-state index in [1.54, 1.807) is 50.0 Å². The van der Waals surface area contributed by atoms with Crippen molar-refractivity contribution in [1.29, 1.82) is 0 Å². The van der Waals surface area contributed by atoms with E-state index in [-0.39, 0.29) is 24.7 Å². The Morgan fingerprint density at radius 3 is 2.64 bits per heavy atom. The number of aryl methyl sites for hydroxylation is 1. The molecule has 170 valence electrons. The molecule has 0 radical (unpaired) electrons. The van der Waals surface area contributed by atoms with Crippen molar-refractivity contribution in [1.82, 2.24) is 24.5 Å².